The molecule has 2 N–H and O–H groups in total. The first-order valence-corrected chi connectivity index (χ1v) is 8.07. The van der Waals surface area contributed by atoms with Gasteiger partial charge in [0.1, 0.15) is 0 Å². The summed E-state index contributed by atoms with van der Waals surface area (Å²) < 4.78 is 2.03. The van der Waals surface area contributed by atoms with Crippen LogP contribution in [-0.4, -0.2) is 28.2 Å². The Balaban J connectivity index is 1.96. The van der Waals surface area contributed by atoms with Crippen molar-refractivity contribution in [2.24, 2.45) is 5.92 Å². The Bertz CT molecular complexity index is 639. The van der Waals surface area contributed by atoms with Crippen molar-refractivity contribution in [3.63, 3.8) is 0 Å². The molecule has 1 aromatic carbocycles. The minimum atomic E-state index is -0.173. The molecule has 2 rings (SSSR count). The van der Waals surface area contributed by atoms with Gasteiger partial charge in [0, 0.05) is 29.7 Å². The van der Waals surface area contributed by atoms with Crippen LogP contribution in [0.1, 0.15) is 26.7 Å². The summed E-state index contributed by atoms with van der Waals surface area (Å²) >= 11 is 6.03. The second kappa shape index (κ2) is 7.65. The summed E-state index contributed by atoms with van der Waals surface area (Å²) in [6.07, 6.45) is 3.27. The van der Waals surface area contributed by atoms with Crippen LogP contribution in [0, 0.1) is 5.92 Å². The minimum Gasteiger partial charge on any atom is -0.394 e. The van der Waals surface area contributed by atoms with Crippen LogP contribution < -0.4 is 5.32 Å². The second-order valence-electron chi connectivity index (χ2n) is 5.70. The van der Waals surface area contributed by atoms with Crippen LogP contribution in [0.15, 0.2) is 30.5 Å². The lowest BCUT2D eigenvalue weighted by Gasteiger charge is -2.22. The van der Waals surface area contributed by atoms with Crippen molar-refractivity contribution in [3.8, 4) is 0 Å². The van der Waals surface area contributed by atoms with Crippen LogP contribution in [0.2, 0.25) is 5.02 Å². The van der Waals surface area contributed by atoms with E-state index in [1.165, 1.54) is 0 Å². The van der Waals surface area contributed by atoms with E-state index in [0.29, 0.717) is 18.0 Å². The van der Waals surface area contributed by atoms with Crippen LogP contribution >= 0.6 is 11.6 Å². The van der Waals surface area contributed by atoms with Gasteiger partial charge in [-0.05, 0) is 29.5 Å². The quantitative estimate of drug-likeness (QED) is 0.822. The van der Waals surface area contributed by atoms with Crippen molar-refractivity contribution in [3.05, 3.63) is 35.5 Å². The van der Waals surface area contributed by atoms with Crippen LogP contribution in [0.3, 0.4) is 0 Å². The summed E-state index contributed by atoms with van der Waals surface area (Å²) in [5.74, 6) is 0.225. The van der Waals surface area contributed by atoms with E-state index in [0.717, 1.165) is 17.3 Å². The number of aryl methyl sites for hydroxylation is 1. The van der Waals surface area contributed by atoms with Crippen molar-refractivity contribution >= 4 is 28.4 Å². The first-order chi connectivity index (χ1) is 10.5. The lowest BCUT2D eigenvalue weighted by Crippen LogP contribution is -2.42. The number of carbonyl (C=O) groups is 1. The highest BCUT2D eigenvalue weighted by Gasteiger charge is 2.17. The number of benzene rings is 1. The van der Waals surface area contributed by atoms with Crippen molar-refractivity contribution in [2.45, 2.75) is 39.3 Å². The minimum absolute atomic E-state index is 0.0250. The normalized spacial score (nSPS) is 14.0. The Morgan fingerprint density at radius 2 is 2.18 bits per heavy atom. The molecule has 2 atom stereocenters. The summed E-state index contributed by atoms with van der Waals surface area (Å²) in [7, 11) is 0. The molecular formula is C17H23ClN2O2. The fourth-order valence-electron chi connectivity index (χ4n) is 2.51. The SMILES string of the molecule is CC[C@H](C)[C@H](CO)NC(=O)CCn1ccc2ccc(Cl)cc21. The molecule has 0 fully saturated rings. The number of aliphatic hydroxyl groups is 1. The monoisotopic (exact) mass is 322 g/mol. The van der Waals surface area contributed by atoms with Gasteiger partial charge in [-0.3, -0.25) is 4.79 Å². The summed E-state index contributed by atoms with van der Waals surface area (Å²) in [4.78, 5) is 12.1. The first kappa shape index (κ1) is 16.8. The predicted molar refractivity (Wildman–Crippen MR) is 90.0 cm³/mol. The Kier molecular flexibility index (Phi) is 5.86. The second-order valence-corrected chi connectivity index (χ2v) is 6.14. The number of aromatic nitrogens is 1. The van der Waals surface area contributed by atoms with E-state index in [1.54, 1.807) is 0 Å². The van der Waals surface area contributed by atoms with Crippen LogP contribution in [0.4, 0.5) is 0 Å². The molecule has 1 heterocycles. The first-order valence-electron chi connectivity index (χ1n) is 7.69. The topological polar surface area (TPSA) is 54.3 Å². The van der Waals surface area contributed by atoms with E-state index >= 15 is 0 Å². The molecular weight excluding hydrogens is 300 g/mol. The molecule has 0 radical (unpaired) electrons. The molecule has 0 saturated carbocycles. The Hall–Kier alpha value is -1.52. The van der Waals surface area contributed by atoms with Crippen LogP contribution in [-0.2, 0) is 11.3 Å². The molecule has 0 unspecified atom stereocenters. The van der Waals surface area contributed by atoms with Gasteiger partial charge >= 0.3 is 0 Å². The average molecular weight is 323 g/mol. The zero-order valence-electron chi connectivity index (χ0n) is 13.1. The van der Waals surface area contributed by atoms with Gasteiger partial charge in [0.15, 0.2) is 0 Å². The highest BCUT2D eigenvalue weighted by Crippen LogP contribution is 2.20. The van der Waals surface area contributed by atoms with E-state index in [-0.39, 0.29) is 24.5 Å². The van der Waals surface area contributed by atoms with Crippen LogP contribution in [0.5, 0.6) is 0 Å². The standard InChI is InChI=1S/C17H23ClN2O2/c1-3-12(2)15(11-21)19-17(22)7-9-20-8-6-13-4-5-14(18)10-16(13)20/h4-6,8,10,12,15,21H,3,7,9,11H2,1-2H3,(H,19,22)/t12-,15-/m0/s1. The van der Waals surface area contributed by atoms with Gasteiger partial charge in [-0.2, -0.15) is 0 Å². The van der Waals surface area contributed by atoms with Crippen molar-refractivity contribution in [1.82, 2.24) is 9.88 Å². The molecule has 0 aliphatic rings. The third kappa shape index (κ3) is 4.02. The average Bonchev–Trinajstić information content (AvgIpc) is 2.92. The summed E-state index contributed by atoms with van der Waals surface area (Å²) in [5, 5.41) is 14.1. The number of amides is 1. The summed E-state index contributed by atoms with van der Waals surface area (Å²) in [6, 6.07) is 7.58. The van der Waals surface area contributed by atoms with Gasteiger partial charge in [0.25, 0.3) is 0 Å². The molecule has 5 heteroatoms. The molecule has 4 nitrogen and oxygen atoms in total. The highest BCUT2D eigenvalue weighted by atomic mass is 35.5. The predicted octanol–water partition coefficient (Wildman–Crippen LogP) is 3.21. The number of rotatable bonds is 7. The number of nitrogens with zero attached hydrogens (tertiary/aromatic N) is 1. The molecule has 0 aliphatic carbocycles. The van der Waals surface area contributed by atoms with Crippen molar-refractivity contribution in [2.75, 3.05) is 6.61 Å². The van der Waals surface area contributed by atoms with Crippen molar-refractivity contribution in [1.29, 1.82) is 0 Å². The van der Waals surface area contributed by atoms with Crippen molar-refractivity contribution < 1.29 is 9.90 Å². The number of carbonyl (C=O) groups excluding carboxylic acids is 1. The molecule has 0 aliphatic heterocycles. The van der Waals surface area contributed by atoms with Crippen LogP contribution in [0.25, 0.3) is 10.9 Å². The maximum absolute atomic E-state index is 12.1. The number of halogens is 1. The van der Waals surface area contributed by atoms with E-state index < -0.39 is 0 Å². The van der Waals surface area contributed by atoms with E-state index in [9.17, 15) is 9.90 Å². The lowest BCUT2D eigenvalue weighted by atomic mass is 10.00. The van der Waals surface area contributed by atoms with Gasteiger partial charge in [0.2, 0.25) is 5.91 Å². The largest absolute Gasteiger partial charge is 0.394 e. The van der Waals surface area contributed by atoms with Gasteiger partial charge < -0.3 is 15.0 Å². The number of nitrogens with one attached hydrogen (secondary N) is 1. The van der Waals surface area contributed by atoms with Gasteiger partial charge in [0.05, 0.1) is 12.6 Å². The van der Waals surface area contributed by atoms with E-state index in [2.05, 4.69) is 12.2 Å². The lowest BCUT2D eigenvalue weighted by molar-refractivity contribution is -0.122. The summed E-state index contributed by atoms with van der Waals surface area (Å²) in [5.41, 5.74) is 1.03. The Morgan fingerprint density at radius 3 is 2.86 bits per heavy atom. The van der Waals surface area contributed by atoms with E-state index in [1.807, 2.05) is 42.0 Å². The zero-order valence-corrected chi connectivity index (χ0v) is 13.8. The number of hydrogen-bond donors (Lipinski definition) is 2. The number of hydrogen-bond acceptors (Lipinski definition) is 2. The molecule has 120 valence electrons. The number of aliphatic hydroxyl groups excluding tert-OH is 1. The molecule has 22 heavy (non-hydrogen) atoms. The number of fused-ring (bicyclic) bond motifs is 1. The summed E-state index contributed by atoms with van der Waals surface area (Å²) in [6.45, 7) is 4.65. The third-order valence-electron chi connectivity index (χ3n) is 4.19. The molecule has 1 aromatic heterocycles. The smallest absolute Gasteiger partial charge is 0.222 e. The molecule has 2 aromatic rings. The molecule has 0 saturated heterocycles. The molecule has 0 bridgehead atoms. The Morgan fingerprint density at radius 1 is 1.41 bits per heavy atom. The molecule has 0 spiro atoms. The zero-order chi connectivity index (χ0) is 16.1. The van der Waals surface area contributed by atoms with E-state index in [4.69, 9.17) is 11.6 Å². The maximum Gasteiger partial charge on any atom is 0.222 e. The fourth-order valence-corrected chi connectivity index (χ4v) is 2.67. The van der Waals surface area contributed by atoms with Gasteiger partial charge in [-0.25, -0.2) is 0 Å². The fraction of sp³-hybridized carbons (Fsp3) is 0.471. The van der Waals surface area contributed by atoms with Gasteiger partial charge in [-0.1, -0.05) is 37.9 Å². The third-order valence-corrected chi connectivity index (χ3v) is 4.42. The Labute approximate surface area is 136 Å². The maximum atomic E-state index is 12.1. The van der Waals surface area contributed by atoms with Gasteiger partial charge in [-0.15, -0.1) is 0 Å². The molecule has 1 amide bonds. The highest BCUT2D eigenvalue weighted by molar-refractivity contribution is 6.31.